The van der Waals surface area contributed by atoms with E-state index in [2.05, 4.69) is 49.4 Å². The summed E-state index contributed by atoms with van der Waals surface area (Å²) in [4.78, 5) is 4.29. The third-order valence-electron chi connectivity index (χ3n) is 3.56. The monoisotopic (exact) mass is 235 g/mol. The number of nitrogens with one attached hydrogen (secondary N) is 2. The lowest BCUT2D eigenvalue weighted by Crippen LogP contribution is -2.36. The molecule has 3 nitrogen and oxygen atoms in total. The number of hydrogen-bond donors (Lipinski definition) is 2. The smallest absolute Gasteiger partial charge is 0.127 e. The Hall–Kier alpha value is -1.25. The minimum absolute atomic E-state index is 0.213. The zero-order chi connectivity index (χ0) is 12.7. The molecule has 0 saturated heterocycles. The molecule has 2 N–H and O–H groups in total. The predicted molar refractivity (Wildman–Crippen MR) is 75.6 cm³/mol. The maximum Gasteiger partial charge on any atom is 0.127 e. The SMILES string of the molecule is CCNc1cc(NC(CC)(CC)CC)ccn1. The van der Waals surface area contributed by atoms with Gasteiger partial charge in [-0.3, -0.25) is 0 Å². The van der Waals surface area contributed by atoms with Crippen LogP contribution in [0.5, 0.6) is 0 Å². The molecule has 17 heavy (non-hydrogen) atoms. The average Bonchev–Trinajstić information content (AvgIpc) is 2.37. The van der Waals surface area contributed by atoms with Crippen LogP contribution in [0.3, 0.4) is 0 Å². The lowest BCUT2D eigenvalue weighted by Gasteiger charge is -2.33. The van der Waals surface area contributed by atoms with Crippen LogP contribution in [0, 0.1) is 0 Å². The van der Waals surface area contributed by atoms with Gasteiger partial charge in [-0.25, -0.2) is 4.98 Å². The van der Waals surface area contributed by atoms with Gasteiger partial charge in [0.1, 0.15) is 5.82 Å². The van der Waals surface area contributed by atoms with Crippen molar-refractivity contribution in [2.75, 3.05) is 17.2 Å². The first-order chi connectivity index (χ1) is 8.19. The van der Waals surface area contributed by atoms with E-state index >= 15 is 0 Å². The van der Waals surface area contributed by atoms with E-state index in [-0.39, 0.29) is 5.54 Å². The van der Waals surface area contributed by atoms with Crippen molar-refractivity contribution in [1.82, 2.24) is 4.98 Å². The maximum atomic E-state index is 4.29. The van der Waals surface area contributed by atoms with Gasteiger partial charge in [-0.1, -0.05) is 20.8 Å². The van der Waals surface area contributed by atoms with E-state index in [1.54, 1.807) is 0 Å². The Kier molecular flexibility index (Phi) is 5.26. The second kappa shape index (κ2) is 6.48. The Balaban J connectivity index is 2.82. The molecule has 3 heteroatoms. The minimum atomic E-state index is 0.213. The van der Waals surface area contributed by atoms with E-state index in [1.807, 2.05) is 12.3 Å². The molecule has 1 aromatic heterocycles. The Labute approximate surface area is 105 Å². The van der Waals surface area contributed by atoms with Crippen molar-refractivity contribution < 1.29 is 0 Å². The van der Waals surface area contributed by atoms with E-state index in [0.717, 1.165) is 37.3 Å². The summed E-state index contributed by atoms with van der Waals surface area (Å²) in [7, 11) is 0. The Bertz CT molecular complexity index is 324. The molecular formula is C14H25N3. The van der Waals surface area contributed by atoms with Gasteiger partial charge in [0.05, 0.1) is 0 Å². The third kappa shape index (κ3) is 3.62. The molecule has 0 fully saturated rings. The molecule has 0 radical (unpaired) electrons. The van der Waals surface area contributed by atoms with Gasteiger partial charge in [0.25, 0.3) is 0 Å². The van der Waals surface area contributed by atoms with E-state index in [9.17, 15) is 0 Å². The van der Waals surface area contributed by atoms with Gasteiger partial charge in [-0.05, 0) is 32.3 Å². The number of rotatable bonds is 7. The molecule has 96 valence electrons. The zero-order valence-corrected chi connectivity index (χ0v) is 11.5. The van der Waals surface area contributed by atoms with Crippen LogP contribution in [-0.4, -0.2) is 17.1 Å². The molecule has 0 amide bonds. The van der Waals surface area contributed by atoms with Crippen molar-refractivity contribution in [3.63, 3.8) is 0 Å². The van der Waals surface area contributed by atoms with Gasteiger partial charge in [0.15, 0.2) is 0 Å². The van der Waals surface area contributed by atoms with Crippen LogP contribution in [0.2, 0.25) is 0 Å². The second-order valence-electron chi connectivity index (χ2n) is 4.43. The van der Waals surface area contributed by atoms with E-state index in [0.29, 0.717) is 0 Å². The molecular weight excluding hydrogens is 210 g/mol. The normalized spacial score (nSPS) is 11.3. The summed E-state index contributed by atoms with van der Waals surface area (Å²) in [6.45, 7) is 9.71. The fraction of sp³-hybridized carbons (Fsp3) is 0.643. The van der Waals surface area contributed by atoms with Gasteiger partial charge >= 0.3 is 0 Å². The molecule has 1 rings (SSSR count). The molecule has 0 atom stereocenters. The van der Waals surface area contributed by atoms with Crippen LogP contribution >= 0.6 is 0 Å². The zero-order valence-electron chi connectivity index (χ0n) is 11.5. The fourth-order valence-electron chi connectivity index (χ4n) is 2.11. The van der Waals surface area contributed by atoms with Crippen LogP contribution < -0.4 is 10.6 Å². The summed E-state index contributed by atoms with van der Waals surface area (Å²) in [6.07, 6.45) is 5.27. The first-order valence-electron chi connectivity index (χ1n) is 6.67. The quantitative estimate of drug-likeness (QED) is 0.752. The Morgan fingerprint density at radius 1 is 1.12 bits per heavy atom. The number of aromatic nitrogens is 1. The van der Waals surface area contributed by atoms with Crippen molar-refractivity contribution >= 4 is 11.5 Å². The summed E-state index contributed by atoms with van der Waals surface area (Å²) in [6, 6.07) is 4.12. The van der Waals surface area contributed by atoms with Crippen LogP contribution in [0.25, 0.3) is 0 Å². The summed E-state index contributed by atoms with van der Waals surface area (Å²) in [5.74, 6) is 0.940. The predicted octanol–water partition coefficient (Wildman–Crippen LogP) is 3.89. The topological polar surface area (TPSA) is 37.0 Å². The van der Waals surface area contributed by atoms with Crippen molar-refractivity contribution in [2.45, 2.75) is 52.5 Å². The summed E-state index contributed by atoms with van der Waals surface area (Å²) >= 11 is 0. The first kappa shape index (κ1) is 13.8. The van der Waals surface area contributed by atoms with Crippen molar-refractivity contribution in [1.29, 1.82) is 0 Å². The highest BCUT2D eigenvalue weighted by Crippen LogP contribution is 2.26. The molecule has 0 aliphatic carbocycles. The Morgan fingerprint density at radius 2 is 1.76 bits per heavy atom. The Morgan fingerprint density at radius 3 is 2.29 bits per heavy atom. The second-order valence-corrected chi connectivity index (χ2v) is 4.43. The summed E-state index contributed by atoms with van der Waals surface area (Å²) < 4.78 is 0. The largest absolute Gasteiger partial charge is 0.379 e. The van der Waals surface area contributed by atoms with Crippen LogP contribution in [0.1, 0.15) is 47.0 Å². The van der Waals surface area contributed by atoms with E-state index in [4.69, 9.17) is 0 Å². The van der Waals surface area contributed by atoms with Crippen molar-refractivity contribution in [2.24, 2.45) is 0 Å². The molecule has 0 aliphatic rings. The van der Waals surface area contributed by atoms with Crippen LogP contribution in [-0.2, 0) is 0 Å². The minimum Gasteiger partial charge on any atom is -0.379 e. The average molecular weight is 235 g/mol. The standard InChI is InChI=1S/C14H25N3/c1-5-14(6-2,7-3)17-12-9-10-16-13(11-12)15-8-4/h9-11H,5-8H2,1-4H3,(H2,15,16,17). The number of nitrogens with zero attached hydrogens (tertiary/aromatic N) is 1. The molecule has 0 saturated carbocycles. The van der Waals surface area contributed by atoms with Crippen molar-refractivity contribution in [3.8, 4) is 0 Å². The van der Waals surface area contributed by atoms with Gasteiger partial charge in [0, 0.05) is 30.0 Å². The lowest BCUT2D eigenvalue weighted by molar-refractivity contribution is 0.420. The molecule has 0 unspecified atom stereocenters. The lowest BCUT2D eigenvalue weighted by atomic mass is 9.89. The molecule has 0 aliphatic heterocycles. The first-order valence-corrected chi connectivity index (χ1v) is 6.67. The molecule has 0 spiro atoms. The highest BCUT2D eigenvalue weighted by Gasteiger charge is 2.23. The summed E-state index contributed by atoms with van der Waals surface area (Å²) in [5, 5.41) is 6.90. The van der Waals surface area contributed by atoms with E-state index in [1.165, 1.54) is 0 Å². The number of hydrogen-bond acceptors (Lipinski definition) is 3. The molecule has 1 heterocycles. The maximum absolute atomic E-state index is 4.29. The van der Waals surface area contributed by atoms with Gasteiger partial charge in [-0.2, -0.15) is 0 Å². The molecule has 1 aromatic rings. The van der Waals surface area contributed by atoms with Gasteiger partial charge < -0.3 is 10.6 Å². The van der Waals surface area contributed by atoms with Gasteiger partial charge in [0.2, 0.25) is 0 Å². The van der Waals surface area contributed by atoms with E-state index < -0.39 is 0 Å². The van der Waals surface area contributed by atoms with Crippen LogP contribution in [0.4, 0.5) is 11.5 Å². The number of anilines is 2. The highest BCUT2D eigenvalue weighted by atomic mass is 15.0. The third-order valence-corrected chi connectivity index (χ3v) is 3.56. The van der Waals surface area contributed by atoms with Gasteiger partial charge in [-0.15, -0.1) is 0 Å². The number of pyridine rings is 1. The fourth-order valence-corrected chi connectivity index (χ4v) is 2.11. The molecule has 0 aromatic carbocycles. The molecule has 0 bridgehead atoms. The summed E-state index contributed by atoms with van der Waals surface area (Å²) in [5.41, 5.74) is 1.37. The van der Waals surface area contributed by atoms with Crippen molar-refractivity contribution in [3.05, 3.63) is 18.3 Å². The highest BCUT2D eigenvalue weighted by molar-refractivity contribution is 5.53. The van der Waals surface area contributed by atoms with Crippen LogP contribution in [0.15, 0.2) is 18.3 Å².